The van der Waals surface area contributed by atoms with Gasteiger partial charge in [0.2, 0.25) is 17.7 Å². The van der Waals surface area contributed by atoms with Crippen molar-refractivity contribution in [2.24, 2.45) is 17.6 Å². The predicted octanol–water partition coefficient (Wildman–Crippen LogP) is 0.109. The lowest BCUT2D eigenvalue weighted by molar-refractivity contribution is -0.144. The average Bonchev–Trinajstić information content (AvgIpc) is 3.28. The second-order valence-electron chi connectivity index (χ2n) is 8.93. The molecule has 3 amide bonds. The van der Waals surface area contributed by atoms with Crippen molar-refractivity contribution in [3.8, 4) is 0 Å². The van der Waals surface area contributed by atoms with Crippen molar-refractivity contribution in [1.82, 2.24) is 21.3 Å². The standard InChI is InChI=1S/C22H41N5O5/c1-5-14(4)18(22(31)32)27-20(29)16(9-6-7-11-23)25-21(30)17(13(2)3)26-19(28)15-10-8-12-24-15/h13-18,24H,5-12,23H2,1-4H3,(H,25,30)(H,26,28)(H,27,29)(H,31,32). The second-order valence-corrected chi connectivity index (χ2v) is 8.93. The highest BCUT2D eigenvalue weighted by Gasteiger charge is 2.33. The van der Waals surface area contributed by atoms with Crippen LogP contribution in [-0.4, -0.2) is 66.1 Å². The van der Waals surface area contributed by atoms with Gasteiger partial charge in [0.1, 0.15) is 18.1 Å². The molecule has 5 unspecified atom stereocenters. The summed E-state index contributed by atoms with van der Waals surface area (Å²) in [7, 11) is 0. The molecule has 1 aliphatic heterocycles. The smallest absolute Gasteiger partial charge is 0.326 e. The Kier molecular flexibility index (Phi) is 12.2. The second kappa shape index (κ2) is 14.1. The van der Waals surface area contributed by atoms with Crippen LogP contribution in [0.5, 0.6) is 0 Å². The first-order valence-electron chi connectivity index (χ1n) is 11.7. The zero-order chi connectivity index (χ0) is 24.3. The van der Waals surface area contributed by atoms with Gasteiger partial charge in [-0.25, -0.2) is 4.79 Å². The van der Waals surface area contributed by atoms with Crippen molar-refractivity contribution in [3.05, 3.63) is 0 Å². The summed E-state index contributed by atoms with van der Waals surface area (Å²) >= 11 is 0. The monoisotopic (exact) mass is 455 g/mol. The number of rotatable bonds is 14. The van der Waals surface area contributed by atoms with E-state index in [1.165, 1.54) is 0 Å². The first-order valence-corrected chi connectivity index (χ1v) is 11.7. The number of nitrogens with one attached hydrogen (secondary N) is 4. The number of nitrogens with two attached hydrogens (primary N) is 1. The maximum absolute atomic E-state index is 13.0. The first-order chi connectivity index (χ1) is 15.1. The summed E-state index contributed by atoms with van der Waals surface area (Å²) in [6.45, 7) is 8.46. The molecule has 0 bridgehead atoms. The Labute approximate surface area is 190 Å². The van der Waals surface area contributed by atoms with Gasteiger partial charge >= 0.3 is 5.97 Å². The highest BCUT2D eigenvalue weighted by molar-refractivity contribution is 5.94. The van der Waals surface area contributed by atoms with Crippen molar-refractivity contribution in [1.29, 1.82) is 0 Å². The van der Waals surface area contributed by atoms with Crippen LogP contribution in [0.2, 0.25) is 0 Å². The zero-order valence-electron chi connectivity index (χ0n) is 19.8. The molecule has 0 saturated carbocycles. The Bertz CT molecular complexity index is 636. The van der Waals surface area contributed by atoms with Crippen LogP contribution in [0.1, 0.15) is 66.2 Å². The first kappa shape index (κ1) is 27.8. The summed E-state index contributed by atoms with van der Waals surface area (Å²) < 4.78 is 0. The van der Waals surface area contributed by atoms with Gasteiger partial charge in [0.05, 0.1) is 6.04 Å². The number of carboxylic acids is 1. The Morgan fingerprint density at radius 3 is 2.22 bits per heavy atom. The lowest BCUT2D eigenvalue weighted by atomic mass is 9.98. The van der Waals surface area contributed by atoms with E-state index in [9.17, 15) is 24.3 Å². The molecule has 184 valence electrons. The molecule has 0 aromatic rings. The lowest BCUT2D eigenvalue weighted by Crippen LogP contribution is -2.58. The molecular weight excluding hydrogens is 414 g/mol. The topological polar surface area (TPSA) is 163 Å². The molecule has 0 aromatic carbocycles. The van der Waals surface area contributed by atoms with E-state index in [2.05, 4.69) is 21.3 Å². The minimum Gasteiger partial charge on any atom is -0.480 e. The molecule has 0 radical (unpaired) electrons. The van der Waals surface area contributed by atoms with Crippen LogP contribution in [0, 0.1) is 11.8 Å². The molecule has 10 nitrogen and oxygen atoms in total. The van der Waals surface area contributed by atoms with Crippen LogP contribution >= 0.6 is 0 Å². The number of hydrogen-bond acceptors (Lipinski definition) is 6. The Hall–Kier alpha value is -2.20. The van der Waals surface area contributed by atoms with E-state index in [1.54, 1.807) is 6.92 Å². The van der Waals surface area contributed by atoms with Gasteiger partial charge in [-0.1, -0.05) is 34.1 Å². The summed E-state index contributed by atoms with van der Waals surface area (Å²) in [5.74, 6) is -2.82. The normalized spacial score (nSPS) is 19.6. The van der Waals surface area contributed by atoms with E-state index < -0.39 is 35.9 Å². The minimum absolute atomic E-state index is 0.194. The molecule has 32 heavy (non-hydrogen) atoms. The van der Waals surface area contributed by atoms with Crippen molar-refractivity contribution >= 4 is 23.7 Å². The summed E-state index contributed by atoms with van der Waals surface area (Å²) in [4.78, 5) is 50.1. The van der Waals surface area contributed by atoms with Crippen molar-refractivity contribution in [2.45, 2.75) is 90.4 Å². The summed E-state index contributed by atoms with van der Waals surface area (Å²) in [6, 6.07) is -3.09. The highest BCUT2D eigenvalue weighted by Crippen LogP contribution is 2.11. The summed E-state index contributed by atoms with van der Waals surface area (Å²) in [5, 5.41) is 20.7. The SMILES string of the molecule is CCC(C)C(NC(=O)C(CCCCN)NC(=O)C(NC(=O)C1CCCN1)C(C)C)C(=O)O. The van der Waals surface area contributed by atoms with E-state index in [4.69, 9.17) is 5.73 Å². The molecule has 0 aliphatic carbocycles. The Balaban J connectivity index is 2.90. The third-order valence-electron chi connectivity index (χ3n) is 5.98. The van der Waals surface area contributed by atoms with Gasteiger partial charge in [0, 0.05) is 0 Å². The lowest BCUT2D eigenvalue weighted by Gasteiger charge is -2.28. The van der Waals surface area contributed by atoms with E-state index in [0.29, 0.717) is 38.6 Å². The van der Waals surface area contributed by atoms with Crippen molar-refractivity contribution in [2.75, 3.05) is 13.1 Å². The number of carboxylic acid groups (broad SMARTS) is 1. The van der Waals surface area contributed by atoms with E-state index in [0.717, 1.165) is 13.0 Å². The molecule has 1 aliphatic rings. The number of carbonyl (C=O) groups excluding carboxylic acids is 3. The molecular formula is C22H41N5O5. The van der Waals surface area contributed by atoms with Crippen LogP contribution in [0.15, 0.2) is 0 Å². The number of unbranched alkanes of at least 4 members (excludes halogenated alkanes) is 1. The summed E-state index contributed by atoms with van der Waals surface area (Å²) in [6.07, 6.45) is 3.80. The number of aliphatic carboxylic acids is 1. The highest BCUT2D eigenvalue weighted by atomic mass is 16.4. The largest absolute Gasteiger partial charge is 0.480 e. The minimum atomic E-state index is -1.11. The fraction of sp³-hybridized carbons (Fsp3) is 0.818. The molecule has 1 heterocycles. The number of hydrogen-bond donors (Lipinski definition) is 6. The molecule has 10 heteroatoms. The molecule has 7 N–H and O–H groups in total. The fourth-order valence-electron chi connectivity index (χ4n) is 3.66. The van der Waals surface area contributed by atoms with Gasteiger partial charge in [-0.2, -0.15) is 0 Å². The molecule has 5 atom stereocenters. The Morgan fingerprint density at radius 1 is 1.03 bits per heavy atom. The van der Waals surface area contributed by atoms with E-state index in [1.807, 2.05) is 20.8 Å². The van der Waals surface area contributed by atoms with Crippen molar-refractivity contribution in [3.63, 3.8) is 0 Å². The van der Waals surface area contributed by atoms with Gasteiger partial charge in [-0.05, 0) is 57.0 Å². The van der Waals surface area contributed by atoms with Gasteiger partial charge in [-0.3, -0.25) is 14.4 Å². The van der Waals surface area contributed by atoms with E-state index in [-0.39, 0.29) is 23.8 Å². The Morgan fingerprint density at radius 2 is 1.72 bits per heavy atom. The molecule has 1 saturated heterocycles. The predicted molar refractivity (Wildman–Crippen MR) is 122 cm³/mol. The third kappa shape index (κ3) is 8.74. The quantitative estimate of drug-likeness (QED) is 0.202. The molecule has 1 rings (SSSR count). The van der Waals surface area contributed by atoms with Gasteiger partial charge in [0.25, 0.3) is 0 Å². The maximum Gasteiger partial charge on any atom is 0.326 e. The maximum atomic E-state index is 13.0. The van der Waals surface area contributed by atoms with Crippen LogP contribution < -0.4 is 27.0 Å². The number of carbonyl (C=O) groups is 4. The van der Waals surface area contributed by atoms with Crippen LogP contribution in [-0.2, 0) is 19.2 Å². The third-order valence-corrected chi connectivity index (χ3v) is 5.98. The van der Waals surface area contributed by atoms with Crippen molar-refractivity contribution < 1.29 is 24.3 Å². The van der Waals surface area contributed by atoms with Gasteiger partial charge in [0.15, 0.2) is 0 Å². The summed E-state index contributed by atoms with van der Waals surface area (Å²) in [5.41, 5.74) is 5.55. The molecule has 0 spiro atoms. The molecule has 1 fully saturated rings. The van der Waals surface area contributed by atoms with Crippen LogP contribution in [0.4, 0.5) is 0 Å². The average molecular weight is 456 g/mol. The zero-order valence-corrected chi connectivity index (χ0v) is 19.8. The van der Waals surface area contributed by atoms with Crippen LogP contribution in [0.25, 0.3) is 0 Å². The van der Waals surface area contributed by atoms with Gasteiger partial charge < -0.3 is 32.1 Å². The van der Waals surface area contributed by atoms with Gasteiger partial charge in [-0.15, -0.1) is 0 Å². The molecule has 0 aromatic heterocycles. The number of amides is 3. The fourth-order valence-corrected chi connectivity index (χ4v) is 3.66. The van der Waals surface area contributed by atoms with E-state index >= 15 is 0 Å². The van der Waals surface area contributed by atoms with Crippen LogP contribution in [0.3, 0.4) is 0 Å².